The average molecular weight is 793 g/mol. The van der Waals surface area contributed by atoms with E-state index < -0.39 is 0 Å². The summed E-state index contributed by atoms with van der Waals surface area (Å²) in [6.45, 7) is 13.3. The van der Waals surface area contributed by atoms with Crippen LogP contribution in [0.25, 0.3) is 77.5 Å². The lowest BCUT2D eigenvalue weighted by Gasteiger charge is -2.20. The molecule has 0 amide bonds. The highest BCUT2D eigenvalue weighted by molar-refractivity contribution is 6.12. The molecule has 0 radical (unpaired) electrons. The number of aryl methyl sites for hydroxylation is 3. The first-order valence-corrected chi connectivity index (χ1v) is 21.0. The monoisotopic (exact) mass is 792 g/mol. The van der Waals surface area contributed by atoms with Crippen molar-refractivity contribution in [2.75, 3.05) is 0 Å². The molecular formula is C55H46N5O+. The van der Waals surface area contributed by atoms with Crippen LogP contribution in [0.5, 0.6) is 11.5 Å². The van der Waals surface area contributed by atoms with Crippen LogP contribution in [0, 0.1) is 20.8 Å². The molecule has 11 aromatic rings. The summed E-state index contributed by atoms with van der Waals surface area (Å²) in [6.07, 6.45) is 4.16. The number of fused-ring (bicyclic) bond motifs is 7. The molecule has 6 nitrogen and oxygen atoms in total. The third-order valence-electron chi connectivity index (χ3n) is 12.2. The maximum absolute atomic E-state index is 7.30. The second-order valence-corrected chi connectivity index (χ2v) is 17.4. The number of imidazole rings is 1. The van der Waals surface area contributed by atoms with Crippen LogP contribution in [0.2, 0.25) is 0 Å². The Balaban J connectivity index is 1.17. The number of hydrogen-bond acceptors (Lipinski definition) is 2. The van der Waals surface area contributed by atoms with Crippen molar-refractivity contribution in [3.63, 3.8) is 0 Å². The fourth-order valence-electron chi connectivity index (χ4n) is 9.55. The molecule has 0 saturated carbocycles. The lowest BCUT2D eigenvalue weighted by molar-refractivity contribution is -0.568. The Morgan fingerprint density at radius 3 is 1.92 bits per heavy atom. The molecule has 0 aliphatic heterocycles. The minimum atomic E-state index is -0.0274. The van der Waals surface area contributed by atoms with E-state index in [4.69, 9.17) is 9.72 Å². The van der Waals surface area contributed by atoms with Gasteiger partial charge in [0.2, 0.25) is 0 Å². The summed E-state index contributed by atoms with van der Waals surface area (Å²) >= 11 is 0. The van der Waals surface area contributed by atoms with Crippen LogP contribution < -0.4 is 9.30 Å². The third kappa shape index (κ3) is 5.93. The minimum absolute atomic E-state index is 0.0274. The molecule has 296 valence electrons. The van der Waals surface area contributed by atoms with Crippen molar-refractivity contribution >= 4 is 54.6 Å². The van der Waals surface area contributed by atoms with E-state index in [1.807, 2.05) is 6.20 Å². The molecule has 11 rings (SSSR count). The summed E-state index contributed by atoms with van der Waals surface area (Å²) in [5, 5.41) is 4.58. The van der Waals surface area contributed by atoms with E-state index in [1.165, 1.54) is 33.3 Å². The minimum Gasteiger partial charge on any atom is -0.455 e. The van der Waals surface area contributed by atoms with Gasteiger partial charge in [0, 0.05) is 45.6 Å². The molecule has 0 aliphatic carbocycles. The number of hydrogen-bond donors (Lipinski definition) is 0. The van der Waals surface area contributed by atoms with Crippen molar-refractivity contribution in [1.82, 2.24) is 18.7 Å². The smallest absolute Gasteiger partial charge is 0.255 e. The van der Waals surface area contributed by atoms with Crippen LogP contribution in [0.1, 0.15) is 43.0 Å². The number of pyridine rings is 1. The van der Waals surface area contributed by atoms with E-state index in [2.05, 4.69) is 224 Å². The van der Waals surface area contributed by atoms with Crippen molar-refractivity contribution in [2.24, 2.45) is 0 Å². The van der Waals surface area contributed by atoms with E-state index in [0.29, 0.717) is 0 Å². The van der Waals surface area contributed by atoms with E-state index in [9.17, 15) is 0 Å². The third-order valence-corrected chi connectivity index (χ3v) is 12.2. The number of ether oxygens (including phenoxy) is 1. The molecule has 61 heavy (non-hydrogen) atoms. The fourth-order valence-corrected chi connectivity index (χ4v) is 9.55. The van der Waals surface area contributed by atoms with Crippen LogP contribution in [0.15, 0.2) is 170 Å². The predicted octanol–water partition coefficient (Wildman–Crippen LogP) is 13.5. The van der Waals surface area contributed by atoms with Gasteiger partial charge in [-0.1, -0.05) is 105 Å². The van der Waals surface area contributed by atoms with Gasteiger partial charge in [-0.15, -0.1) is 0 Å². The van der Waals surface area contributed by atoms with E-state index >= 15 is 0 Å². The Morgan fingerprint density at radius 2 is 1.18 bits per heavy atom. The van der Waals surface area contributed by atoms with Gasteiger partial charge in [0.25, 0.3) is 6.33 Å². The van der Waals surface area contributed by atoms with Crippen molar-refractivity contribution in [3.8, 4) is 34.4 Å². The van der Waals surface area contributed by atoms with Gasteiger partial charge < -0.3 is 9.30 Å². The molecule has 4 aromatic heterocycles. The normalized spacial score (nSPS) is 12.1. The molecule has 0 atom stereocenters. The molecule has 0 bridgehead atoms. The summed E-state index contributed by atoms with van der Waals surface area (Å²) < 4.78 is 16.6. The molecule has 4 heterocycles. The number of nitrogens with zero attached hydrogens (tertiary/aromatic N) is 5. The van der Waals surface area contributed by atoms with Gasteiger partial charge in [-0.2, -0.15) is 9.13 Å². The van der Waals surface area contributed by atoms with Gasteiger partial charge in [-0.05, 0) is 110 Å². The van der Waals surface area contributed by atoms with E-state index in [0.717, 1.165) is 78.0 Å². The van der Waals surface area contributed by atoms with Crippen molar-refractivity contribution in [2.45, 2.75) is 47.0 Å². The lowest BCUT2D eigenvalue weighted by Crippen LogP contribution is -2.31. The van der Waals surface area contributed by atoms with Crippen molar-refractivity contribution in [3.05, 3.63) is 193 Å². The summed E-state index contributed by atoms with van der Waals surface area (Å²) in [4.78, 5) is 4.94. The van der Waals surface area contributed by atoms with Gasteiger partial charge in [0.15, 0.2) is 16.8 Å². The summed E-state index contributed by atoms with van der Waals surface area (Å²) in [7, 11) is 0. The highest BCUT2D eigenvalue weighted by atomic mass is 16.5. The van der Waals surface area contributed by atoms with Gasteiger partial charge in [-0.3, -0.25) is 4.57 Å². The molecule has 0 aliphatic rings. The number of rotatable bonds is 6. The van der Waals surface area contributed by atoms with Crippen LogP contribution in [-0.4, -0.2) is 18.7 Å². The van der Waals surface area contributed by atoms with E-state index in [-0.39, 0.29) is 5.41 Å². The van der Waals surface area contributed by atoms with Gasteiger partial charge in [0.1, 0.15) is 22.9 Å². The van der Waals surface area contributed by atoms with Gasteiger partial charge >= 0.3 is 0 Å². The fraction of sp³-hybridized carbons (Fsp3) is 0.127. The Kier molecular flexibility index (Phi) is 8.30. The second kappa shape index (κ2) is 13.8. The van der Waals surface area contributed by atoms with Gasteiger partial charge in [-0.25, -0.2) is 4.98 Å². The molecule has 6 heteroatoms. The first-order chi connectivity index (χ1) is 29.6. The van der Waals surface area contributed by atoms with Crippen LogP contribution in [-0.2, 0) is 5.41 Å². The first-order valence-electron chi connectivity index (χ1n) is 21.0. The van der Waals surface area contributed by atoms with Gasteiger partial charge in [0.05, 0.1) is 22.1 Å². The molecule has 7 aromatic carbocycles. The molecule has 0 spiro atoms. The van der Waals surface area contributed by atoms with Crippen LogP contribution >= 0.6 is 0 Å². The first kappa shape index (κ1) is 36.6. The number of benzene rings is 7. The molecule has 0 fully saturated rings. The summed E-state index contributed by atoms with van der Waals surface area (Å²) in [5.74, 6) is 2.39. The molecule has 0 saturated heterocycles. The zero-order valence-electron chi connectivity index (χ0n) is 35.3. The van der Waals surface area contributed by atoms with Crippen LogP contribution in [0.4, 0.5) is 0 Å². The quantitative estimate of drug-likeness (QED) is 0.157. The van der Waals surface area contributed by atoms with Crippen molar-refractivity contribution in [1.29, 1.82) is 0 Å². The Labute approximate surface area is 355 Å². The second-order valence-electron chi connectivity index (χ2n) is 17.4. The molecular weight excluding hydrogens is 747 g/mol. The predicted molar refractivity (Wildman–Crippen MR) is 251 cm³/mol. The molecule has 0 unspecified atom stereocenters. The number of para-hydroxylation sites is 5. The van der Waals surface area contributed by atoms with Crippen LogP contribution in [0.3, 0.4) is 0 Å². The highest BCUT2D eigenvalue weighted by Crippen LogP contribution is 2.43. The topological polar surface area (TPSA) is 40.8 Å². The summed E-state index contributed by atoms with van der Waals surface area (Å²) in [5.41, 5.74) is 14.7. The SMILES string of the molecule is Cc1cc(C)c(-[n+]2cn(-c3cc(Oc4ccc5c6ccccc6n(-c6cc(C(C)(C)C)ccn6)c5c4)c4c(c3)c3ccccc3n4-c3ccccc3)c3ccccc32)c(C)c1. The van der Waals surface area contributed by atoms with E-state index in [1.54, 1.807) is 0 Å². The van der Waals surface area contributed by atoms with Crippen molar-refractivity contribution < 1.29 is 9.30 Å². The maximum Gasteiger partial charge on any atom is 0.255 e. The Morgan fingerprint density at radius 1 is 0.541 bits per heavy atom. The lowest BCUT2D eigenvalue weighted by atomic mass is 9.88. The Bertz CT molecular complexity index is 3500. The zero-order chi connectivity index (χ0) is 41.6. The molecule has 0 N–H and O–H groups in total. The highest BCUT2D eigenvalue weighted by Gasteiger charge is 2.26. The maximum atomic E-state index is 7.30. The number of aromatic nitrogens is 5. The average Bonchev–Trinajstić information content (AvgIpc) is 3.91. The summed E-state index contributed by atoms with van der Waals surface area (Å²) in [6, 6.07) is 56.4. The zero-order valence-corrected chi connectivity index (χ0v) is 35.3. The standard InChI is InChI=1S/C55H46N5O/c1-35-28-36(2)53(37(3)29-35)58-34-57(48-22-14-15-23-49(48)58)40-31-45-43-19-11-12-20-46(43)59(39-16-8-7-9-17-39)54(45)51(32-40)61-41-24-25-44-42-18-10-13-21-47(42)60(50(44)33-41)52-30-38(26-27-56-52)55(4,5)6/h7-34H,1-6H3/q+1. The Hall–Kier alpha value is -7.44. The largest absolute Gasteiger partial charge is 0.455 e.